The van der Waals surface area contributed by atoms with Gasteiger partial charge in [-0.25, -0.2) is 10.3 Å². The number of nitrogens with one attached hydrogen (secondary N) is 1. The third kappa shape index (κ3) is 4.12. The van der Waals surface area contributed by atoms with Crippen molar-refractivity contribution in [3.63, 3.8) is 0 Å². The minimum Gasteiger partial charge on any atom is -0.465 e. The summed E-state index contributed by atoms with van der Waals surface area (Å²) in [7, 11) is 5.29. The number of hydrogen-bond acceptors (Lipinski definition) is 7. The van der Waals surface area contributed by atoms with Gasteiger partial charge in [0.05, 0.1) is 24.1 Å². The van der Waals surface area contributed by atoms with Crippen molar-refractivity contribution in [3.8, 4) is 22.4 Å². The van der Waals surface area contributed by atoms with Crippen LogP contribution in [0.5, 0.6) is 0 Å². The maximum absolute atomic E-state index is 12.0. The Morgan fingerprint density at radius 1 is 1.18 bits per heavy atom. The van der Waals surface area contributed by atoms with Crippen molar-refractivity contribution in [2.75, 3.05) is 20.7 Å². The molecule has 1 atom stereocenters. The molecule has 8 nitrogen and oxygen atoms in total. The van der Waals surface area contributed by atoms with E-state index >= 15 is 0 Å². The quantitative estimate of drug-likeness (QED) is 0.427. The summed E-state index contributed by atoms with van der Waals surface area (Å²) in [6.45, 7) is 4.54. The molecule has 3 N–H and O–H groups in total. The number of nitrogens with two attached hydrogens (primary N) is 1. The highest BCUT2D eigenvalue weighted by atomic mass is 16.5. The summed E-state index contributed by atoms with van der Waals surface area (Å²) in [4.78, 5) is 14.1. The number of ether oxygens (including phenoxy) is 1. The third-order valence-corrected chi connectivity index (χ3v) is 6.42. The van der Waals surface area contributed by atoms with Crippen LogP contribution in [-0.2, 0) is 11.8 Å². The van der Waals surface area contributed by atoms with Gasteiger partial charge in [0.25, 0.3) is 0 Å². The van der Waals surface area contributed by atoms with Crippen molar-refractivity contribution in [1.82, 2.24) is 14.7 Å². The molecule has 0 spiro atoms. The van der Waals surface area contributed by atoms with Gasteiger partial charge in [0.1, 0.15) is 5.69 Å². The number of methoxy groups -OCH3 is 1. The number of esters is 1. The molecule has 1 aliphatic heterocycles. The van der Waals surface area contributed by atoms with Crippen LogP contribution in [0.3, 0.4) is 0 Å². The zero-order chi connectivity index (χ0) is 24.6. The number of carbonyl (C=O) groups excluding carboxylic acids is 1. The predicted molar refractivity (Wildman–Crippen MR) is 132 cm³/mol. The normalized spacial score (nSPS) is 17.1. The van der Waals surface area contributed by atoms with E-state index in [0.29, 0.717) is 11.3 Å². The number of nitrogens with zero attached hydrogens (tertiary/aromatic N) is 4. The molecule has 1 unspecified atom stereocenters. The average molecular weight is 459 g/mol. The van der Waals surface area contributed by atoms with Crippen LogP contribution in [0, 0.1) is 12.5 Å². The summed E-state index contributed by atoms with van der Waals surface area (Å²) >= 11 is 0. The van der Waals surface area contributed by atoms with Gasteiger partial charge in [0, 0.05) is 49.6 Å². The van der Waals surface area contributed by atoms with Crippen molar-refractivity contribution >= 4 is 11.7 Å². The van der Waals surface area contributed by atoms with Crippen LogP contribution in [0.25, 0.3) is 28.1 Å². The van der Waals surface area contributed by atoms with Crippen LogP contribution in [-0.4, -0.2) is 41.4 Å². The van der Waals surface area contributed by atoms with Gasteiger partial charge in [-0.3, -0.25) is 4.68 Å². The number of rotatable bonds is 4. The number of fused-ring (bicyclic) bond motifs is 1. The summed E-state index contributed by atoms with van der Waals surface area (Å²) < 4.78 is 6.67. The largest absolute Gasteiger partial charge is 0.465 e. The highest BCUT2D eigenvalue weighted by Gasteiger charge is 2.25. The Bertz CT molecular complexity index is 1310. The van der Waals surface area contributed by atoms with Crippen molar-refractivity contribution < 1.29 is 9.53 Å². The van der Waals surface area contributed by atoms with E-state index < -0.39 is 0 Å². The van der Waals surface area contributed by atoms with Crippen LogP contribution in [0.15, 0.2) is 53.4 Å². The van der Waals surface area contributed by atoms with Gasteiger partial charge in [-0.05, 0) is 55.2 Å². The van der Waals surface area contributed by atoms with Crippen molar-refractivity contribution in [1.29, 1.82) is 5.53 Å². The topological polar surface area (TPSA) is 110 Å². The monoisotopic (exact) mass is 458 g/mol. The van der Waals surface area contributed by atoms with Crippen molar-refractivity contribution in [3.05, 3.63) is 70.5 Å². The Labute approximate surface area is 199 Å². The summed E-state index contributed by atoms with van der Waals surface area (Å²) in [6.07, 6.45) is 2.80. The molecular formula is C26H30N6O2. The molecule has 4 rings (SSSR count). The predicted octanol–water partition coefficient (Wildman–Crippen LogP) is 4.90. The molecule has 3 aromatic rings. The fraction of sp³-hybridized carbons (Fsp3) is 0.308. The molecule has 0 saturated heterocycles. The second-order valence-electron chi connectivity index (χ2n) is 8.75. The Kier molecular flexibility index (Phi) is 6.34. The van der Waals surface area contributed by atoms with E-state index in [1.807, 2.05) is 46.3 Å². The number of benzene rings is 2. The molecule has 0 amide bonds. The van der Waals surface area contributed by atoms with E-state index in [4.69, 9.17) is 21.1 Å². The lowest BCUT2D eigenvalue weighted by molar-refractivity contribution is 0.0600. The Morgan fingerprint density at radius 2 is 1.91 bits per heavy atom. The van der Waals surface area contributed by atoms with Crippen LogP contribution >= 0.6 is 0 Å². The molecule has 0 radical (unpaired) electrons. The van der Waals surface area contributed by atoms with Gasteiger partial charge in [-0.15, -0.1) is 0 Å². The Morgan fingerprint density at radius 3 is 2.59 bits per heavy atom. The molecule has 176 valence electrons. The van der Waals surface area contributed by atoms with E-state index in [9.17, 15) is 4.79 Å². The molecule has 0 saturated carbocycles. The first-order chi connectivity index (χ1) is 16.2. The fourth-order valence-electron chi connectivity index (χ4n) is 4.65. The Balaban J connectivity index is 1.85. The second kappa shape index (κ2) is 9.23. The lowest BCUT2D eigenvalue weighted by atomic mass is 9.92. The summed E-state index contributed by atoms with van der Waals surface area (Å²) in [6, 6.07) is 11.8. The number of allylic oxidation sites excluding steroid dienone is 1. The Hall–Kier alpha value is -3.78. The first-order valence-corrected chi connectivity index (χ1v) is 11.2. The first kappa shape index (κ1) is 23.4. The van der Waals surface area contributed by atoms with Gasteiger partial charge >= 0.3 is 5.97 Å². The van der Waals surface area contributed by atoms with Crippen molar-refractivity contribution in [2.45, 2.75) is 26.3 Å². The van der Waals surface area contributed by atoms with E-state index in [1.165, 1.54) is 7.11 Å². The summed E-state index contributed by atoms with van der Waals surface area (Å²) in [5.41, 5.74) is 22.9. The third-order valence-electron chi connectivity index (χ3n) is 6.42. The molecule has 0 aliphatic carbocycles. The second-order valence-corrected chi connectivity index (χ2v) is 8.75. The molecule has 0 fully saturated rings. The lowest BCUT2D eigenvalue weighted by Crippen LogP contribution is -2.18. The zero-order valence-electron chi connectivity index (χ0n) is 20.2. The smallest absolute Gasteiger partial charge is 0.338 e. The van der Waals surface area contributed by atoms with Gasteiger partial charge < -0.3 is 15.4 Å². The maximum Gasteiger partial charge on any atom is 0.338 e. The average Bonchev–Trinajstić information content (AvgIpc) is 3.18. The molecule has 1 aliphatic rings. The standard InChI is InChI=1S/C26H30N6O2/c1-15-12-18(7-8-19(15)26(33)34-5)24-22(14-32(4)30-24)17-6-9-20-21(13-17)23(27)10-11-31(3)25(20)16(2)29-28/h6-9,12-14,23,28H,10-11,27H2,1-5H3/b25-16-,29-28?. The lowest BCUT2D eigenvalue weighted by Gasteiger charge is -2.22. The van der Waals surface area contributed by atoms with Gasteiger partial charge in [-0.1, -0.05) is 18.2 Å². The number of aromatic nitrogens is 2. The summed E-state index contributed by atoms with van der Waals surface area (Å²) in [5.74, 6) is -0.353. The van der Waals surface area contributed by atoms with Crippen LogP contribution in [0.2, 0.25) is 0 Å². The zero-order valence-corrected chi connectivity index (χ0v) is 20.2. The minimum absolute atomic E-state index is 0.130. The van der Waals surface area contributed by atoms with E-state index in [-0.39, 0.29) is 12.0 Å². The van der Waals surface area contributed by atoms with Gasteiger partial charge in [-0.2, -0.15) is 10.2 Å². The first-order valence-electron chi connectivity index (χ1n) is 11.2. The number of hydrogen-bond donors (Lipinski definition) is 2. The van der Waals surface area contributed by atoms with E-state index in [1.54, 1.807) is 10.7 Å². The highest BCUT2D eigenvalue weighted by Crippen LogP contribution is 2.38. The van der Waals surface area contributed by atoms with Crippen LogP contribution < -0.4 is 5.73 Å². The molecule has 2 heterocycles. The molecule has 34 heavy (non-hydrogen) atoms. The van der Waals surface area contributed by atoms with E-state index in [2.05, 4.69) is 28.2 Å². The van der Waals surface area contributed by atoms with Crippen LogP contribution in [0.4, 0.5) is 0 Å². The van der Waals surface area contributed by atoms with Crippen molar-refractivity contribution in [2.24, 2.45) is 17.9 Å². The number of carbonyl (C=O) groups is 1. The molecule has 1 aromatic heterocycles. The fourth-order valence-corrected chi connectivity index (χ4v) is 4.65. The highest BCUT2D eigenvalue weighted by molar-refractivity contribution is 5.92. The SMILES string of the molecule is COC(=O)c1ccc(-c2nn(C)cc2-c2ccc3c(c2)C(N)CCN(C)/C3=C(/C)N=N)cc1C. The molecule has 8 heteroatoms. The summed E-state index contributed by atoms with van der Waals surface area (Å²) in [5, 5.41) is 8.42. The van der Waals surface area contributed by atoms with Crippen LogP contribution in [0.1, 0.15) is 46.4 Å². The maximum atomic E-state index is 12.0. The minimum atomic E-state index is -0.353. The van der Waals surface area contributed by atoms with Gasteiger partial charge in [0.15, 0.2) is 0 Å². The number of aryl methyl sites for hydroxylation is 2. The molecular weight excluding hydrogens is 428 g/mol. The molecule has 2 aromatic carbocycles. The molecule has 0 bridgehead atoms. The van der Waals surface area contributed by atoms with E-state index in [0.717, 1.165) is 57.7 Å². The van der Waals surface area contributed by atoms with Gasteiger partial charge in [0.2, 0.25) is 0 Å².